The molecule has 0 amide bonds. The third-order valence-electron chi connectivity index (χ3n) is 2.25. The number of aromatic nitrogens is 2. The second-order valence-corrected chi connectivity index (χ2v) is 4.94. The van der Waals surface area contributed by atoms with Gasteiger partial charge in [0.25, 0.3) is 0 Å². The van der Waals surface area contributed by atoms with Crippen LogP contribution in [0.2, 0.25) is 0 Å². The number of thioether (sulfide) groups is 1. The summed E-state index contributed by atoms with van der Waals surface area (Å²) in [4.78, 5) is 8.41. The molecule has 0 saturated carbocycles. The maximum Gasteiger partial charge on any atom is 0.187 e. The molecule has 1 N–H and O–H groups in total. The molecular formula is C11H19N3S. The number of hydrogen-bond donors (Lipinski definition) is 1. The highest BCUT2D eigenvalue weighted by atomic mass is 32.2. The van der Waals surface area contributed by atoms with Crippen LogP contribution in [-0.4, -0.2) is 27.8 Å². The largest absolute Gasteiger partial charge is 0.313 e. The Morgan fingerprint density at radius 3 is 2.60 bits per heavy atom. The van der Waals surface area contributed by atoms with E-state index >= 15 is 0 Å². The van der Waals surface area contributed by atoms with Crippen molar-refractivity contribution in [3.05, 3.63) is 18.5 Å². The Bertz CT molecular complexity index is 266. The quantitative estimate of drug-likeness (QED) is 0.596. The van der Waals surface area contributed by atoms with Crippen LogP contribution >= 0.6 is 11.8 Å². The molecule has 15 heavy (non-hydrogen) atoms. The fourth-order valence-corrected chi connectivity index (χ4v) is 2.03. The van der Waals surface area contributed by atoms with Crippen molar-refractivity contribution in [3.63, 3.8) is 0 Å². The molecule has 0 fully saturated rings. The van der Waals surface area contributed by atoms with Crippen LogP contribution in [0.1, 0.15) is 27.2 Å². The van der Waals surface area contributed by atoms with Gasteiger partial charge in [0.1, 0.15) is 0 Å². The predicted octanol–water partition coefficient (Wildman–Crippen LogP) is 2.35. The SMILES string of the molecule is CCCNC(C)C(C)Sc1ncccn1. The Morgan fingerprint density at radius 2 is 2.00 bits per heavy atom. The van der Waals surface area contributed by atoms with Crippen LogP contribution in [0.15, 0.2) is 23.6 Å². The number of nitrogens with one attached hydrogen (secondary N) is 1. The minimum Gasteiger partial charge on any atom is -0.313 e. The molecule has 2 atom stereocenters. The zero-order valence-corrected chi connectivity index (χ0v) is 10.4. The summed E-state index contributed by atoms with van der Waals surface area (Å²) < 4.78 is 0. The van der Waals surface area contributed by atoms with E-state index < -0.39 is 0 Å². The van der Waals surface area contributed by atoms with Crippen molar-refractivity contribution in [2.24, 2.45) is 0 Å². The predicted molar refractivity (Wildman–Crippen MR) is 65.1 cm³/mol. The molecule has 0 aliphatic carbocycles. The van der Waals surface area contributed by atoms with Crippen LogP contribution in [0.25, 0.3) is 0 Å². The third kappa shape index (κ3) is 4.62. The monoisotopic (exact) mass is 225 g/mol. The minimum atomic E-state index is 0.485. The van der Waals surface area contributed by atoms with E-state index in [1.165, 1.54) is 6.42 Å². The van der Waals surface area contributed by atoms with Crippen LogP contribution in [-0.2, 0) is 0 Å². The van der Waals surface area contributed by atoms with E-state index in [0.717, 1.165) is 11.7 Å². The molecule has 1 rings (SSSR count). The molecule has 0 saturated heterocycles. The summed E-state index contributed by atoms with van der Waals surface area (Å²) in [6, 6.07) is 2.33. The molecule has 0 radical (unpaired) electrons. The van der Waals surface area contributed by atoms with Crippen molar-refractivity contribution < 1.29 is 0 Å². The van der Waals surface area contributed by atoms with Crippen LogP contribution in [0.3, 0.4) is 0 Å². The first-order chi connectivity index (χ1) is 7.24. The van der Waals surface area contributed by atoms with Crippen molar-refractivity contribution in [1.82, 2.24) is 15.3 Å². The standard InChI is InChI=1S/C11H19N3S/c1-4-6-12-9(2)10(3)15-11-13-7-5-8-14-11/h5,7-10,12H,4,6H2,1-3H3. The van der Waals surface area contributed by atoms with Gasteiger partial charge in [-0.1, -0.05) is 25.6 Å². The summed E-state index contributed by atoms with van der Waals surface area (Å²) in [5.74, 6) is 0. The van der Waals surface area contributed by atoms with Crippen molar-refractivity contribution in [1.29, 1.82) is 0 Å². The molecule has 0 bridgehead atoms. The fourth-order valence-electron chi connectivity index (χ4n) is 1.15. The highest BCUT2D eigenvalue weighted by Crippen LogP contribution is 2.20. The summed E-state index contributed by atoms with van der Waals surface area (Å²) in [6.45, 7) is 7.66. The molecule has 1 aromatic rings. The summed E-state index contributed by atoms with van der Waals surface area (Å²) in [6.07, 6.45) is 4.74. The van der Waals surface area contributed by atoms with Crippen LogP contribution < -0.4 is 5.32 Å². The molecule has 0 aliphatic heterocycles. The molecule has 0 spiro atoms. The summed E-state index contributed by atoms with van der Waals surface area (Å²) in [5, 5.41) is 4.82. The highest BCUT2D eigenvalue weighted by Gasteiger charge is 2.13. The lowest BCUT2D eigenvalue weighted by Gasteiger charge is -2.19. The van der Waals surface area contributed by atoms with Gasteiger partial charge in [0, 0.05) is 23.7 Å². The van der Waals surface area contributed by atoms with E-state index in [-0.39, 0.29) is 0 Å². The Morgan fingerprint density at radius 1 is 1.33 bits per heavy atom. The first kappa shape index (κ1) is 12.5. The smallest absolute Gasteiger partial charge is 0.187 e. The fraction of sp³-hybridized carbons (Fsp3) is 0.636. The number of nitrogens with zero attached hydrogens (tertiary/aromatic N) is 2. The third-order valence-corrected chi connectivity index (χ3v) is 3.46. The number of rotatable bonds is 6. The molecule has 1 heterocycles. The average molecular weight is 225 g/mol. The van der Waals surface area contributed by atoms with E-state index in [2.05, 4.69) is 36.1 Å². The topological polar surface area (TPSA) is 37.8 Å². The highest BCUT2D eigenvalue weighted by molar-refractivity contribution is 7.99. The van der Waals surface area contributed by atoms with Gasteiger partial charge in [-0.25, -0.2) is 9.97 Å². The van der Waals surface area contributed by atoms with Gasteiger partial charge in [0.2, 0.25) is 0 Å². The lowest BCUT2D eigenvalue weighted by molar-refractivity contribution is 0.541. The molecule has 0 aromatic carbocycles. The first-order valence-electron chi connectivity index (χ1n) is 5.41. The van der Waals surface area contributed by atoms with Crippen LogP contribution in [0, 0.1) is 0 Å². The summed E-state index contributed by atoms with van der Waals surface area (Å²) in [5.41, 5.74) is 0. The summed E-state index contributed by atoms with van der Waals surface area (Å²) >= 11 is 1.72. The molecule has 0 aliphatic rings. The molecule has 1 aromatic heterocycles. The average Bonchev–Trinajstić information content (AvgIpc) is 2.27. The van der Waals surface area contributed by atoms with Crippen molar-refractivity contribution in [2.75, 3.05) is 6.54 Å². The maximum absolute atomic E-state index is 4.21. The van der Waals surface area contributed by atoms with E-state index in [9.17, 15) is 0 Å². The Kier molecular flexibility index (Phi) is 5.65. The zero-order chi connectivity index (χ0) is 11.1. The molecule has 2 unspecified atom stereocenters. The van der Waals surface area contributed by atoms with Gasteiger partial charge in [-0.15, -0.1) is 0 Å². The summed E-state index contributed by atoms with van der Waals surface area (Å²) in [7, 11) is 0. The van der Waals surface area contributed by atoms with Crippen molar-refractivity contribution in [2.45, 2.75) is 43.6 Å². The van der Waals surface area contributed by atoms with E-state index in [1.54, 1.807) is 24.2 Å². The minimum absolute atomic E-state index is 0.485. The Labute approximate surface area is 96.1 Å². The van der Waals surface area contributed by atoms with Crippen LogP contribution in [0.4, 0.5) is 0 Å². The van der Waals surface area contributed by atoms with E-state index in [1.807, 2.05) is 6.07 Å². The lowest BCUT2D eigenvalue weighted by atomic mass is 10.2. The van der Waals surface area contributed by atoms with Crippen molar-refractivity contribution >= 4 is 11.8 Å². The molecule has 84 valence electrons. The zero-order valence-electron chi connectivity index (χ0n) is 9.60. The van der Waals surface area contributed by atoms with Gasteiger partial charge in [-0.2, -0.15) is 0 Å². The Hall–Kier alpha value is -0.610. The van der Waals surface area contributed by atoms with Gasteiger partial charge in [-0.05, 0) is 26.0 Å². The second kappa shape index (κ2) is 6.80. The molecular weight excluding hydrogens is 206 g/mol. The first-order valence-corrected chi connectivity index (χ1v) is 6.29. The maximum atomic E-state index is 4.21. The normalized spacial score (nSPS) is 14.9. The van der Waals surface area contributed by atoms with Gasteiger partial charge in [0.15, 0.2) is 5.16 Å². The van der Waals surface area contributed by atoms with E-state index in [0.29, 0.717) is 11.3 Å². The molecule has 3 nitrogen and oxygen atoms in total. The van der Waals surface area contributed by atoms with Gasteiger partial charge < -0.3 is 5.32 Å². The number of hydrogen-bond acceptors (Lipinski definition) is 4. The second-order valence-electron chi connectivity index (χ2n) is 3.60. The van der Waals surface area contributed by atoms with E-state index in [4.69, 9.17) is 0 Å². The Balaban J connectivity index is 2.38. The van der Waals surface area contributed by atoms with Gasteiger partial charge in [0.05, 0.1) is 0 Å². The lowest BCUT2D eigenvalue weighted by Crippen LogP contribution is -2.34. The van der Waals surface area contributed by atoms with Gasteiger partial charge >= 0.3 is 0 Å². The van der Waals surface area contributed by atoms with Gasteiger partial charge in [-0.3, -0.25) is 0 Å². The van der Waals surface area contributed by atoms with Crippen LogP contribution in [0.5, 0.6) is 0 Å². The molecule has 4 heteroatoms. The van der Waals surface area contributed by atoms with Crippen molar-refractivity contribution in [3.8, 4) is 0 Å².